The number of cyclic esters (lactones) is 1. The Morgan fingerprint density at radius 1 is 1.44 bits per heavy atom. The lowest BCUT2D eigenvalue weighted by molar-refractivity contribution is -0.152. The van der Waals surface area contributed by atoms with Gasteiger partial charge in [0.15, 0.2) is 0 Å². The van der Waals surface area contributed by atoms with Gasteiger partial charge in [-0.25, -0.2) is 4.79 Å². The summed E-state index contributed by atoms with van der Waals surface area (Å²) in [4.78, 5) is 11.8. The first-order valence-electron chi connectivity index (χ1n) is 6.23. The maximum Gasteiger partial charge on any atom is 0.331 e. The first-order chi connectivity index (χ1) is 8.61. The molecule has 2 unspecified atom stereocenters. The molecule has 3 heteroatoms. The third-order valence-electron chi connectivity index (χ3n) is 4.08. The van der Waals surface area contributed by atoms with Crippen molar-refractivity contribution in [2.24, 2.45) is 5.41 Å². The summed E-state index contributed by atoms with van der Waals surface area (Å²) in [6.07, 6.45) is 8.88. The Labute approximate surface area is 106 Å². The molecular formula is C15H16O3. The van der Waals surface area contributed by atoms with Crippen LogP contribution in [0.3, 0.4) is 0 Å². The van der Waals surface area contributed by atoms with Crippen LogP contribution in [0.25, 0.3) is 0 Å². The molecule has 0 radical (unpaired) electrons. The van der Waals surface area contributed by atoms with Crippen molar-refractivity contribution >= 4 is 5.97 Å². The third-order valence-corrected chi connectivity index (χ3v) is 4.08. The van der Waals surface area contributed by atoms with Crippen molar-refractivity contribution in [2.45, 2.75) is 32.8 Å². The molecule has 0 aromatic carbocycles. The zero-order chi connectivity index (χ0) is 12.8. The number of allylic oxidation sites excluding steroid dienone is 2. The Balaban J connectivity index is 2.11. The number of carbonyl (C=O) groups excluding carboxylic acids is 1. The van der Waals surface area contributed by atoms with E-state index in [1.54, 1.807) is 18.6 Å². The molecule has 1 aliphatic carbocycles. The van der Waals surface area contributed by atoms with Crippen molar-refractivity contribution < 1.29 is 13.9 Å². The van der Waals surface area contributed by atoms with Crippen LogP contribution in [0.4, 0.5) is 0 Å². The minimum atomic E-state index is -0.261. The Hall–Kier alpha value is -1.77. The Kier molecular flexibility index (Phi) is 2.44. The van der Waals surface area contributed by atoms with Crippen LogP contribution in [0.5, 0.6) is 0 Å². The number of carbonyl (C=O) groups is 1. The Morgan fingerprint density at radius 2 is 2.28 bits per heavy atom. The molecule has 1 aromatic heterocycles. The topological polar surface area (TPSA) is 39.4 Å². The minimum Gasteiger partial charge on any atom is -0.472 e. The number of esters is 1. The van der Waals surface area contributed by atoms with Gasteiger partial charge in [-0.15, -0.1) is 0 Å². The SMILES string of the molecule is CC1=CCCC2(C)C1=CC(=O)OC2c1ccoc1. The predicted octanol–water partition coefficient (Wildman–Crippen LogP) is 3.55. The standard InChI is InChI=1S/C15H16O3/c1-10-4-3-6-15(2)12(10)8-13(16)18-14(15)11-5-7-17-9-11/h4-5,7-9,14H,3,6H2,1-2H3. The van der Waals surface area contributed by atoms with Gasteiger partial charge >= 0.3 is 5.97 Å². The van der Waals surface area contributed by atoms with Crippen LogP contribution in [0.2, 0.25) is 0 Å². The molecule has 0 amide bonds. The summed E-state index contributed by atoms with van der Waals surface area (Å²) in [5.74, 6) is -0.261. The highest BCUT2D eigenvalue weighted by Crippen LogP contribution is 2.53. The highest BCUT2D eigenvalue weighted by atomic mass is 16.5. The zero-order valence-corrected chi connectivity index (χ0v) is 10.6. The molecular weight excluding hydrogens is 228 g/mol. The predicted molar refractivity (Wildman–Crippen MR) is 66.7 cm³/mol. The van der Waals surface area contributed by atoms with Crippen LogP contribution in [0.1, 0.15) is 38.4 Å². The van der Waals surface area contributed by atoms with Gasteiger partial charge in [0.05, 0.1) is 12.5 Å². The largest absolute Gasteiger partial charge is 0.472 e. The van der Waals surface area contributed by atoms with Gasteiger partial charge in [-0.2, -0.15) is 0 Å². The fourth-order valence-corrected chi connectivity index (χ4v) is 3.09. The zero-order valence-electron chi connectivity index (χ0n) is 10.6. The van der Waals surface area contributed by atoms with Crippen molar-refractivity contribution in [1.82, 2.24) is 0 Å². The maximum atomic E-state index is 11.8. The minimum absolute atomic E-state index is 0.142. The van der Waals surface area contributed by atoms with Crippen LogP contribution in [0, 0.1) is 5.41 Å². The average molecular weight is 244 g/mol. The van der Waals surface area contributed by atoms with Crippen LogP contribution in [-0.2, 0) is 9.53 Å². The van der Waals surface area contributed by atoms with Gasteiger partial charge in [0, 0.05) is 17.1 Å². The van der Waals surface area contributed by atoms with E-state index >= 15 is 0 Å². The van der Waals surface area contributed by atoms with E-state index in [1.807, 2.05) is 6.07 Å². The number of furan rings is 1. The second kappa shape index (κ2) is 3.87. The quantitative estimate of drug-likeness (QED) is 0.709. The van der Waals surface area contributed by atoms with Gasteiger partial charge in [-0.1, -0.05) is 18.6 Å². The molecule has 0 bridgehead atoms. The molecule has 1 aromatic rings. The first kappa shape index (κ1) is 11.3. The summed E-state index contributed by atoms with van der Waals surface area (Å²) in [5, 5.41) is 0. The lowest BCUT2D eigenvalue weighted by Crippen LogP contribution is -2.37. The summed E-state index contributed by atoms with van der Waals surface area (Å²) in [5.41, 5.74) is 3.09. The second-order valence-electron chi connectivity index (χ2n) is 5.27. The van der Waals surface area contributed by atoms with Gasteiger partial charge in [0.1, 0.15) is 6.10 Å². The van der Waals surface area contributed by atoms with Crippen LogP contribution < -0.4 is 0 Å². The lowest BCUT2D eigenvalue weighted by atomic mass is 9.66. The second-order valence-corrected chi connectivity index (χ2v) is 5.27. The fraction of sp³-hybridized carbons (Fsp3) is 0.400. The molecule has 3 nitrogen and oxygen atoms in total. The molecule has 3 rings (SSSR count). The Morgan fingerprint density at radius 3 is 3.00 bits per heavy atom. The van der Waals surface area contributed by atoms with E-state index in [9.17, 15) is 4.79 Å². The molecule has 0 fully saturated rings. The smallest absolute Gasteiger partial charge is 0.331 e. The molecule has 94 valence electrons. The summed E-state index contributed by atoms with van der Waals surface area (Å²) < 4.78 is 10.7. The van der Waals surface area contributed by atoms with E-state index in [0.717, 1.165) is 24.0 Å². The molecule has 0 spiro atoms. The van der Waals surface area contributed by atoms with Crippen molar-refractivity contribution in [3.63, 3.8) is 0 Å². The van der Waals surface area contributed by atoms with Gasteiger partial charge in [0.2, 0.25) is 0 Å². The summed E-state index contributed by atoms with van der Waals surface area (Å²) in [6.45, 7) is 4.23. The summed E-state index contributed by atoms with van der Waals surface area (Å²) in [6, 6.07) is 1.87. The van der Waals surface area contributed by atoms with E-state index in [4.69, 9.17) is 9.15 Å². The van der Waals surface area contributed by atoms with E-state index < -0.39 is 0 Å². The highest BCUT2D eigenvalue weighted by molar-refractivity contribution is 5.86. The highest BCUT2D eigenvalue weighted by Gasteiger charge is 2.46. The lowest BCUT2D eigenvalue weighted by Gasteiger charge is -2.43. The van der Waals surface area contributed by atoms with Gasteiger partial charge in [0.25, 0.3) is 0 Å². The van der Waals surface area contributed by atoms with Crippen molar-refractivity contribution in [2.75, 3.05) is 0 Å². The van der Waals surface area contributed by atoms with Gasteiger partial charge in [-0.05, 0) is 31.4 Å². The van der Waals surface area contributed by atoms with Gasteiger partial charge < -0.3 is 9.15 Å². The number of rotatable bonds is 1. The fourth-order valence-electron chi connectivity index (χ4n) is 3.09. The molecule has 0 saturated heterocycles. The van der Waals surface area contributed by atoms with Gasteiger partial charge in [-0.3, -0.25) is 0 Å². The van der Waals surface area contributed by atoms with E-state index in [0.29, 0.717) is 0 Å². The number of hydrogen-bond acceptors (Lipinski definition) is 3. The number of fused-ring (bicyclic) bond motifs is 1. The summed E-state index contributed by atoms with van der Waals surface area (Å²) >= 11 is 0. The van der Waals surface area contributed by atoms with Crippen LogP contribution >= 0.6 is 0 Å². The molecule has 1 aliphatic heterocycles. The number of hydrogen-bond donors (Lipinski definition) is 0. The van der Waals surface area contributed by atoms with E-state index in [-0.39, 0.29) is 17.5 Å². The molecule has 2 aliphatic rings. The van der Waals surface area contributed by atoms with E-state index in [1.165, 1.54) is 5.57 Å². The third kappa shape index (κ3) is 1.54. The first-order valence-corrected chi connectivity index (χ1v) is 6.23. The van der Waals surface area contributed by atoms with Crippen LogP contribution in [-0.4, -0.2) is 5.97 Å². The average Bonchev–Trinajstić information content (AvgIpc) is 2.84. The normalized spacial score (nSPS) is 31.2. The summed E-state index contributed by atoms with van der Waals surface area (Å²) in [7, 11) is 0. The van der Waals surface area contributed by atoms with Crippen molar-refractivity contribution in [3.8, 4) is 0 Å². The molecule has 2 atom stereocenters. The Bertz CT molecular complexity index is 536. The molecule has 0 N–H and O–H groups in total. The van der Waals surface area contributed by atoms with Crippen LogP contribution in [0.15, 0.2) is 46.3 Å². The number of ether oxygens (including phenoxy) is 1. The monoisotopic (exact) mass is 244 g/mol. The molecule has 18 heavy (non-hydrogen) atoms. The molecule has 2 heterocycles. The maximum absolute atomic E-state index is 11.8. The van der Waals surface area contributed by atoms with Crippen molar-refractivity contribution in [3.05, 3.63) is 47.5 Å². The van der Waals surface area contributed by atoms with Crippen molar-refractivity contribution in [1.29, 1.82) is 0 Å². The molecule has 0 saturated carbocycles. The van der Waals surface area contributed by atoms with E-state index in [2.05, 4.69) is 19.9 Å².